The van der Waals surface area contributed by atoms with Gasteiger partial charge in [0.1, 0.15) is 5.82 Å². The predicted octanol–water partition coefficient (Wildman–Crippen LogP) is 4.49. The Balaban J connectivity index is 1.43. The Morgan fingerprint density at radius 3 is 2.79 bits per heavy atom. The molecule has 0 amide bonds. The highest BCUT2D eigenvalue weighted by atomic mass is 35.5. The molecular formula is C17H19ClFN3S2. The molecule has 0 saturated carbocycles. The van der Waals surface area contributed by atoms with Gasteiger partial charge in [-0.3, -0.25) is 4.90 Å². The van der Waals surface area contributed by atoms with Crippen LogP contribution in [0.5, 0.6) is 0 Å². The second-order valence-corrected chi connectivity index (χ2v) is 7.70. The number of thiophene rings is 1. The van der Waals surface area contributed by atoms with Gasteiger partial charge in [0.05, 0.1) is 5.02 Å². The first-order valence-corrected chi connectivity index (χ1v) is 9.54. The summed E-state index contributed by atoms with van der Waals surface area (Å²) in [5, 5.41) is 9.16. The van der Waals surface area contributed by atoms with Crippen LogP contribution in [0.2, 0.25) is 5.02 Å². The van der Waals surface area contributed by atoms with E-state index < -0.39 is 5.82 Å². The van der Waals surface area contributed by atoms with Crippen molar-refractivity contribution in [1.82, 2.24) is 10.2 Å². The molecule has 3 rings (SSSR count). The van der Waals surface area contributed by atoms with E-state index in [9.17, 15) is 4.39 Å². The number of likely N-dealkylation sites (tertiary alicyclic amines) is 1. The molecule has 2 aromatic rings. The quantitative estimate of drug-likeness (QED) is 0.760. The summed E-state index contributed by atoms with van der Waals surface area (Å²) in [5.41, 5.74) is 0.689. The molecular weight excluding hydrogens is 365 g/mol. The zero-order valence-corrected chi connectivity index (χ0v) is 15.5. The zero-order chi connectivity index (χ0) is 16.9. The third kappa shape index (κ3) is 4.89. The van der Waals surface area contributed by atoms with Crippen molar-refractivity contribution in [2.45, 2.75) is 25.4 Å². The second kappa shape index (κ2) is 8.25. The summed E-state index contributed by atoms with van der Waals surface area (Å²) in [5.74, 6) is -0.431. The van der Waals surface area contributed by atoms with Crippen LogP contribution in [-0.4, -0.2) is 29.1 Å². The lowest BCUT2D eigenvalue weighted by Crippen LogP contribution is -2.45. The summed E-state index contributed by atoms with van der Waals surface area (Å²) in [7, 11) is 0. The van der Waals surface area contributed by atoms with Crippen molar-refractivity contribution < 1.29 is 4.39 Å². The molecule has 0 atom stereocenters. The fourth-order valence-electron chi connectivity index (χ4n) is 2.78. The summed E-state index contributed by atoms with van der Waals surface area (Å²) in [6.07, 6.45) is 2.11. The third-order valence-corrected chi connectivity index (χ3v) is 5.43. The highest BCUT2D eigenvalue weighted by molar-refractivity contribution is 7.80. The van der Waals surface area contributed by atoms with Crippen LogP contribution in [0.1, 0.15) is 17.7 Å². The number of rotatable bonds is 4. The van der Waals surface area contributed by atoms with Crippen LogP contribution in [0.3, 0.4) is 0 Å². The number of hydrogen-bond donors (Lipinski definition) is 2. The summed E-state index contributed by atoms with van der Waals surface area (Å²) in [6.45, 7) is 3.14. The molecule has 1 saturated heterocycles. The molecule has 1 aliphatic heterocycles. The largest absolute Gasteiger partial charge is 0.360 e. The van der Waals surface area contributed by atoms with Crippen molar-refractivity contribution in [3.63, 3.8) is 0 Å². The maximum Gasteiger partial charge on any atom is 0.170 e. The lowest BCUT2D eigenvalue weighted by Gasteiger charge is -2.32. The lowest BCUT2D eigenvalue weighted by atomic mass is 10.1. The molecule has 1 aromatic carbocycles. The van der Waals surface area contributed by atoms with Crippen molar-refractivity contribution in [2.75, 3.05) is 18.4 Å². The van der Waals surface area contributed by atoms with Gasteiger partial charge in [0.15, 0.2) is 5.11 Å². The maximum absolute atomic E-state index is 13.2. The van der Waals surface area contributed by atoms with E-state index in [0.29, 0.717) is 16.8 Å². The van der Waals surface area contributed by atoms with Gasteiger partial charge in [-0.25, -0.2) is 4.39 Å². The first kappa shape index (κ1) is 17.6. The van der Waals surface area contributed by atoms with E-state index in [1.165, 1.54) is 17.0 Å². The van der Waals surface area contributed by atoms with Gasteiger partial charge in [-0.1, -0.05) is 17.7 Å². The molecule has 1 fully saturated rings. The van der Waals surface area contributed by atoms with Crippen LogP contribution in [0.4, 0.5) is 10.1 Å². The van der Waals surface area contributed by atoms with Crippen molar-refractivity contribution in [1.29, 1.82) is 0 Å². The lowest BCUT2D eigenvalue weighted by molar-refractivity contribution is 0.201. The Morgan fingerprint density at radius 2 is 2.12 bits per heavy atom. The minimum absolute atomic E-state index is 0.0877. The van der Waals surface area contributed by atoms with E-state index in [2.05, 4.69) is 33.0 Å². The van der Waals surface area contributed by atoms with E-state index in [1.807, 2.05) is 0 Å². The van der Waals surface area contributed by atoms with Crippen molar-refractivity contribution in [2.24, 2.45) is 0 Å². The minimum atomic E-state index is -0.431. The molecule has 24 heavy (non-hydrogen) atoms. The number of nitrogens with zero attached hydrogens (tertiary/aromatic N) is 1. The molecule has 128 valence electrons. The average molecular weight is 384 g/mol. The average Bonchev–Trinajstić information content (AvgIpc) is 3.06. The van der Waals surface area contributed by atoms with Gasteiger partial charge < -0.3 is 10.6 Å². The molecule has 7 heteroatoms. The van der Waals surface area contributed by atoms with Crippen LogP contribution >= 0.6 is 35.2 Å². The Hall–Kier alpha value is -1.21. The van der Waals surface area contributed by atoms with Gasteiger partial charge in [-0.15, -0.1) is 11.3 Å². The SMILES string of the molecule is Fc1ccc(NC(=S)NC2CCN(Cc3cccs3)CC2)cc1Cl. The standard InChI is InChI=1S/C17H19ClFN3S2/c18-15-10-13(3-4-16(15)19)21-17(23)20-12-5-7-22(8-6-12)11-14-2-1-9-24-14/h1-4,9-10,12H,5-8,11H2,(H2,20,21,23). The first-order chi connectivity index (χ1) is 11.6. The fraction of sp³-hybridized carbons (Fsp3) is 0.353. The highest BCUT2D eigenvalue weighted by Crippen LogP contribution is 2.20. The van der Waals surface area contributed by atoms with Gasteiger partial charge in [0.2, 0.25) is 0 Å². The molecule has 0 aliphatic carbocycles. The minimum Gasteiger partial charge on any atom is -0.360 e. The third-order valence-electron chi connectivity index (χ3n) is 4.06. The molecule has 0 bridgehead atoms. The summed E-state index contributed by atoms with van der Waals surface area (Å²) < 4.78 is 13.2. The Bertz CT molecular complexity index is 685. The van der Waals surface area contributed by atoms with E-state index in [-0.39, 0.29) is 5.02 Å². The van der Waals surface area contributed by atoms with Gasteiger partial charge in [-0.2, -0.15) is 0 Å². The van der Waals surface area contributed by atoms with Gasteiger partial charge in [0, 0.05) is 36.2 Å². The molecule has 3 nitrogen and oxygen atoms in total. The zero-order valence-electron chi connectivity index (χ0n) is 13.1. The van der Waals surface area contributed by atoms with E-state index in [0.717, 1.165) is 32.5 Å². The fourth-order valence-corrected chi connectivity index (χ4v) is 4.00. The van der Waals surface area contributed by atoms with Gasteiger partial charge >= 0.3 is 0 Å². The Labute approximate surface area is 155 Å². The van der Waals surface area contributed by atoms with Crippen LogP contribution in [-0.2, 0) is 6.54 Å². The number of benzene rings is 1. The van der Waals surface area contributed by atoms with Crippen LogP contribution in [0.15, 0.2) is 35.7 Å². The number of halogens is 2. The van der Waals surface area contributed by atoms with Crippen LogP contribution in [0, 0.1) is 5.82 Å². The molecule has 0 unspecified atom stereocenters. The van der Waals surface area contributed by atoms with Crippen molar-refractivity contribution >= 4 is 46.0 Å². The van der Waals surface area contributed by atoms with Gasteiger partial charge in [-0.05, 0) is 54.7 Å². The number of piperidine rings is 1. The number of thiocarbonyl (C=S) groups is 1. The molecule has 2 N–H and O–H groups in total. The normalized spacial score (nSPS) is 16.1. The summed E-state index contributed by atoms with van der Waals surface area (Å²) in [4.78, 5) is 3.88. The summed E-state index contributed by atoms with van der Waals surface area (Å²) >= 11 is 12.9. The number of anilines is 1. The maximum atomic E-state index is 13.2. The van der Waals surface area contributed by atoms with E-state index in [1.54, 1.807) is 17.4 Å². The first-order valence-electron chi connectivity index (χ1n) is 7.87. The number of hydrogen-bond acceptors (Lipinski definition) is 3. The van der Waals surface area contributed by atoms with Crippen molar-refractivity contribution in [3.05, 3.63) is 51.4 Å². The van der Waals surface area contributed by atoms with E-state index in [4.69, 9.17) is 23.8 Å². The Morgan fingerprint density at radius 1 is 1.33 bits per heavy atom. The molecule has 1 aliphatic rings. The molecule has 2 heterocycles. The smallest absolute Gasteiger partial charge is 0.170 e. The topological polar surface area (TPSA) is 27.3 Å². The molecule has 0 radical (unpaired) electrons. The monoisotopic (exact) mass is 383 g/mol. The van der Waals surface area contributed by atoms with E-state index >= 15 is 0 Å². The number of nitrogens with one attached hydrogen (secondary N) is 2. The molecule has 1 aromatic heterocycles. The van der Waals surface area contributed by atoms with Crippen molar-refractivity contribution in [3.8, 4) is 0 Å². The summed E-state index contributed by atoms with van der Waals surface area (Å²) in [6, 6.07) is 9.13. The molecule has 0 spiro atoms. The van der Waals surface area contributed by atoms with Crippen LogP contribution < -0.4 is 10.6 Å². The second-order valence-electron chi connectivity index (χ2n) is 5.86. The van der Waals surface area contributed by atoms with Crippen LogP contribution in [0.25, 0.3) is 0 Å². The van der Waals surface area contributed by atoms with Gasteiger partial charge in [0.25, 0.3) is 0 Å². The predicted molar refractivity (Wildman–Crippen MR) is 103 cm³/mol. The highest BCUT2D eigenvalue weighted by Gasteiger charge is 2.20. The Kier molecular flexibility index (Phi) is 6.05.